The van der Waals surface area contributed by atoms with Gasteiger partial charge in [-0.05, 0) is 25.7 Å². The lowest BCUT2D eigenvalue weighted by Crippen LogP contribution is -2.58. The van der Waals surface area contributed by atoms with Gasteiger partial charge in [-0.2, -0.15) is 0 Å². The van der Waals surface area contributed by atoms with Crippen molar-refractivity contribution in [2.24, 2.45) is 11.1 Å². The molecule has 2 fully saturated rings. The molecule has 2 aliphatic rings. The first-order valence-electron chi connectivity index (χ1n) is 6.31. The lowest BCUT2D eigenvalue weighted by molar-refractivity contribution is -0.150. The fraction of sp³-hybridized carbons (Fsp3) is 0.833. The van der Waals surface area contributed by atoms with E-state index in [0.717, 1.165) is 32.1 Å². The zero-order valence-corrected chi connectivity index (χ0v) is 10.00. The van der Waals surface area contributed by atoms with Crippen LogP contribution in [0, 0.1) is 5.41 Å². The maximum atomic E-state index is 12.1. The Bertz CT molecular complexity index is 331. The minimum Gasteiger partial charge on any atom is -0.480 e. The van der Waals surface area contributed by atoms with E-state index in [1.807, 2.05) is 0 Å². The molecular weight excluding hydrogens is 220 g/mol. The zero-order chi connectivity index (χ0) is 12.5. The molecule has 17 heavy (non-hydrogen) atoms. The summed E-state index contributed by atoms with van der Waals surface area (Å²) in [6.07, 6.45) is 5.41. The number of rotatable bonds is 4. The van der Waals surface area contributed by atoms with Gasteiger partial charge in [-0.1, -0.05) is 19.3 Å². The molecule has 2 aliphatic carbocycles. The van der Waals surface area contributed by atoms with Crippen LogP contribution in [0.4, 0.5) is 0 Å². The van der Waals surface area contributed by atoms with Crippen molar-refractivity contribution in [1.82, 2.24) is 5.32 Å². The SMILES string of the molecule is NCC1(C(=O)NC2(C(=O)O)CCCCC2)CC1. The number of amides is 1. The average Bonchev–Trinajstić information content (AvgIpc) is 3.11. The van der Waals surface area contributed by atoms with Crippen LogP contribution >= 0.6 is 0 Å². The number of hydrogen-bond donors (Lipinski definition) is 3. The number of carbonyl (C=O) groups excluding carboxylic acids is 1. The topological polar surface area (TPSA) is 92.4 Å². The van der Waals surface area contributed by atoms with E-state index in [9.17, 15) is 14.7 Å². The number of carboxylic acids is 1. The Hall–Kier alpha value is -1.10. The average molecular weight is 240 g/mol. The van der Waals surface area contributed by atoms with Crippen LogP contribution < -0.4 is 11.1 Å². The van der Waals surface area contributed by atoms with Crippen LogP contribution in [0.15, 0.2) is 0 Å². The van der Waals surface area contributed by atoms with Crippen molar-refractivity contribution >= 4 is 11.9 Å². The maximum absolute atomic E-state index is 12.1. The summed E-state index contributed by atoms with van der Waals surface area (Å²) in [4.78, 5) is 23.5. The smallest absolute Gasteiger partial charge is 0.329 e. The van der Waals surface area contributed by atoms with Crippen LogP contribution in [0.25, 0.3) is 0 Å². The number of hydrogen-bond acceptors (Lipinski definition) is 3. The Morgan fingerprint density at radius 1 is 1.12 bits per heavy atom. The summed E-state index contributed by atoms with van der Waals surface area (Å²) in [7, 11) is 0. The third kappa shape index (κ3) is 2.16. The van der Waals surface area contributed by atoms with Crippen molar-refractivity contribution < 1.29 is 14.7 Å². The van der Waals surface area contributed by atoms with Gasteiger partial charge in [0.25, 0.3) is 0 Å². The van der Waals surface area contributed by atoms with Crippen LogP contribution in [0.5, 0.6) is 0 Å². The largest absolute Gasteiger partial charge is 0.480 e. The molecule has 96 valence electrons. The monoisotopic (exact) mass is 240 g/mol. The highest BCUT2D eigenvalue weighted by molar-refractivity contribution is 5.91. The standard InChI is InChI=1S/C12H20N2O3/c13-8-11(6-7-11)9(15)14-12(10(16)17)4-2-1-3-5-12/h1-8,13H2,(H,14,15)(H,16,17). The third-order valence-corrected chi connectivity index (χ3v) is 4.20. The van der Waals surface area contributed by atoms with Gasteiger partial charge in [0.15, 0.2) is 0 Å². The highest BCUT2D eigenvalue weighted by Gasteiger charge is 2.52. The van der Waals surface area contributed by atoms with Crippen LogP contribution in [0.1, 0.15) is 44.9 Å². The van der Waals surface area contributed by atoms with Gasteiger partial charge in [-0.3, -0.25) is 4.79 Å². The van der Waals surface area contributed by atoms with Crippen LogP contribution in [-0.2, 0) is 9.59 Å². The molecule has 5 heteroatoms. The number of nitrogens with one attached hydrogen (secondary N) is 1. The Balaban J connectivity index is 2.08. The van der Waals surface area contributed by atoms with Crippen molar-refractivity contribution in [2.45, 2.75) is 50.5 Å². The van der Waals surface area contributed by atoms with E-state index in [4.69, 9.17) is 5.73 Å². The molecule has 4 N–H and O–H groups in total. The molecule has 2 rings (SSSR count). The first-order valence-corrected chi connectivity index (χ1v) is 6.31. The van der Waals surface area contributed by atoms with Gasteiger partial charge in [0.05, 0.1) is 5.41 Å². The molecule has 2 saturated carbocycles. The van der Waals surface area contributed by atoms with E-state index in [1.54, 1.807) is 0 Å². The van der Waals surface area contributed by atoms with Crippen molar-refractivity contribution in [2.75, 3.05) is 6.54 Å². The van der Waals surface area contributed by atoms with E-state index in [2.05, 4.69) is 5.32 Å². The Morgan fingerprint density at radius 2 is 1.71 bits per heavy atom. The molecule has 0 aliphatic heterocycles. The lowest BCUT2D eigenvalue weighted by Gasteiger charge is -2.35. The second kappa shape index (κ2) is 4.29. The number of carboxylic acid groups (broad SMARTS) is 1. The molecule has 1 amide bonds. The van der Waals surface area contributed by atoms with Gasteiger partial charge in [0.2, 0.25) is 5.91 Å². The van der Waals surface area contributed by atoms with E-state index in [-0.39, 0.29) is 5.91 Å². The first-order chi connectivity index (χ1) is 8.05. The highest BCUT2D eigenvalue weighted by Crippen LogP contribution is 2.45. The Labute approximate surface area is 101 Å². The van der Waals surface area contributed by atoms with E-state index in [1.165, 1.54) is 0 Å². The maximum Gasteiger partial charge on any atom is 0.329 e. The summed E-state index contributed by atoms with van der Waals surface area (Å²) in [5, 5.41) is 12.1. The van der Waals surface area contributed by atoms with E-state index in [0.29, 0.717) is 19.4 Å². The molecule has 0 atom stereocenters. The fourth-order valence-corrected chi connectivity index (χ4v) is 2.57. The number of aliphatic carboxylic acids is 1. The van der Waals surface area contributed by atoms with Crippen molar-refractivity contribution in [1.29, 1.82) is 0 Å². The molecule has 0 aromatic rings. The quantitative estimate of drug-likeness (QED) is 0.672. The second-order valence-electron chi connectivity index (χ2n) is 5.39. The van der Waals surface area contributed by atoms with Crippen molar-refractivity contribution in [3.8, 4) is 0 Å². The molecule has 5 nitrogen and oxygen atoms in total. The predicted octanol–water partition coefficient (Wildman–Crippen LogP) is 0.629. The minimum atomic E-state index is -1.04. The molecule has 0 aromatic heterocycles. The van der Waals surface area contributed by atoms with Crippen molar-refractivity contribution in [3.63, 3.8) is 0 Å². The summed E-state index contributed by atoms with van der Waals surface area (Å²) in [5.41, 5.74) is 4.07. The Kier molecular flexibility index (Phi) is 3.12. The van der Waals surface area contributed by atoms with Crippen LogP contribution in [0.3, 0.4) is 0 Å². The van der Waals surface area contributed by atoms with Crippen LogP contribution in [-0.4, -0.2) is 29.1 Å². The molecule has 0 saturated heterocycles. The molecule has 0 aromatic carbocycles. The van der Waals surface area contributed by atoms with E-state index >= 15 is 0 Å². The summed E-state index contributed by atoms with van der Waals surface area (Å²) in [5.74, 6) is -1.07. The molecule has 0 spiro atoms. The summed E-state index contributed by atoms with van der Waals surface area (Å²) < 4.78 is 0. The summed E-state index contributed by atoms with van der Waals surface area (Å²) >= 11 is 0. The summed E-state index contributed by atoms with van der Waals surface area (Å²) in [6.45, 7) is 0.314. The minimum absolute atomic E-state index is 0.163. The van der Waals surface area contributed by atoms with Crippen molar-refractivity contribution in [3.05, 3.63) is 0 Å². The predicted molar refractivity (Wildman–Crippen MR) is 62.3 cm³/mol. The fourth-order valence-electron chi connectivity index (χ4n) is 2.57. The molecular formula is C12H20N2O3. The van der Waals surface area contributed by atoms with Gasteiger partial charge in [0, 0.05) is 6.54 Å². The second-order valence-corrected chi connectivity index (χ2v) is 5.39. The van der Waals surface area contributed by atoms with Gasteiger partial charge in [-0.25, -0.2) is 4.79 Å². The zero-order valence-electron chi connectivity index (χ0n) is 10.00. The molecule has 0 radical (unpaired) electrons. The van der Waals surface area contributed by atoms with Gasteiger partial charge in [-0.15, -0.1) is 0 Å². The normalized spacial score (nSPS) is 25.0. The summed E-state index contributed by atoms with van der Waals surface area (Å²) in [6, 6.07) is 0. The van der Waals surface area contributed by atoms with Gasteiger partial charge >= 0.3 is 5.97 Å². The molecule has 0 bridgehead atoms. The number of carbonyl (C=O) groups is 2. The van der Waals surface area contributed by atoms with Gasteiger partial charge < -0.3 is 16.2 Å². The Morgan fingerprint density at radius 3 is 2.12 bits per heavy atom. The molecule has 0 heterocycles. The molecule has 0 unspecified atom stereocenters. The highest BCUT2D eigenvalue weighted by atomic mass is 16.4. The van der Waals surface area contributed by atoms with Gasteiger partial charge in [0.1, 0.15) is 5.54 Å². The lowest BCUT2D eigenvalue weighted by atomic mass is 9.81. The van der Waals surface area contributed by atoms with E-state index < -0.39 is 16.9 Å². The number of nitrogens with two attached hydrogens (primary N) is 1. The van der Waals surface area contributed by atoms with Crippen LogP contribution in [0.2, 0.25) is 0 Å². The first kappa shape index (κ1) is 12.4. The third-order valence-electron chi connectivity index (χ3n) is 4.20.